The van der Waals surface area contributed by atoms with Crippen LogP contribution in [0.15, 0.2) is 12.1 Å². The number of hydrogen-bond donors (Lipinski definition) is 1. The fraction of sp³-hybridized carbons (Fsp3) is 0.375. The Morgan fingerprint density at radius 2 is 2.00 bits per heavy atom. The molecule has 0 saturated heterocycles. The third-order valence-corrected chi connectivity index (χ3v) is 3.54. The standard InChI is InChI=1S/C8H8I2N2/c9-5-1-2-6(10)12-7(5)8(11)3-4-8/h1-2H,3-4,11H2. The van der Waals surface area contributed by atoms with Gasteiger partial charge in [0, 0.05) is 3.57 Å². The van der Waals surface area contributed by atoms with Crippen LogP contribution in [0.3, 0.4) is 0 Å². The van der Waals surface area contributed by atoms with E-state index < -0.39 is 0 Å². The number of nitrogens with zero attached hydrogens (tertiary/aromatic N) is 1. The van der Waals surface area contributed by atoms with Gasteiger partial charge in [0.25, 0.3) is 0 Å². The zero-order chi connectivity index (χ0) is 8.77. The van der Waals surface area contributed by atoms with Crippen LogP contribution in [-0.2, 0) is 5.54 Å². The van der Waals surface area contributed by atoms with Gasteiger partial charge < -0.3 is 5.73 Å². The lowest BCUT2D eigenvalue weighted by atomic mass is 10.2. The molecule has 0 atom stereocenters. The Kier molecular flexibility index (Phi) is 2.33. The smallest absolute Gasteiger partial charge is 0.101 e. The summed E-state index contributed by atoms with van der Waals surface area (Å²) in [5.74, 6) is 0. The summed E-state index contributed by atoms with van der Waals surface area (Å²) < 4.78 is 2.22. The molecule has 12 heavy (non-hydrogen) atoms. The van der Waals surface area contributed by atoms with Crippen LogP contribution in [-0.4, -0.2) is 4.98 Å². The molecule has 1 aliphatic carbocycles. The van der Waals surface area contributed by atoms with E-state index in [0.29, 0.717) is 0 Å². The Morgan fingerprint density at radius 1 is 1.33 bits per heavy atom. The molecule has 1 fully saturated rings. The largest absolute Gasteiger partial charge is 0.320 e. The summed E-state index contributed by atoms with van der Waals surface area (Å²) in [4.78, 5) is 4.46. The van der Waals surface area contributed by atoms with E-state index >= 15 is 0 Å². The van der Waals surface area contributed by atoms with Crippen LogP contribution in [0.5, 0.6) is 0 Å². The van der Waals surface area contributed by atoms with E-state index in [9.17, 15) is 0 Å². The van der Waals surface area contributed by atoms with Crippen molar-refractivity contribution in [1.29, 1.82) is 0 Å². The summed E-state index contributed by atoms with van der Waals surface area (Å²) in [6, 6.07) is 4.09. The van der Waals surface area contributed by atoms with E-state index in [1.807, 2.05) is 6.07 Å². The number of halogens is 2. The van der Waals surface area contributed by atoms with Crippen molar-refractivity contribution in [1.82, 2.24) is 4.98 Å². The molecule has 1 heterocycles. The normalized spacial score (nSPS) is 19.2. The van der Waals surface area contributed by atoms with Gasteiger partial charge in [-0.2, -0.15) is 0 Å². The molecule has 1 saturated carbocycles. The maximum atomic E-state index is 6.07. The molecule has 0 bridgehead atoms. The summed E-state index contributed by atoms with van der Waals surface area (Å²) in [5, 5.41) is 0. The van der Waals surface area contributed by atoms with Gasteiger partial charge in [-0.3, -0.25) is 0 Å². The molecule has 1 aliphatic rings. The minimum absolute atomic E-state index is 0.0995. The molecule has 1 aromatic heterocycles. The predicted octanol–water partition coefficient (Wildman–Crippen LogP) is 2.24. The molecule has 2 N–H and O–H groups in total. The van der Waals surface area contributed by atoms with Gasteiger partial charge in [-0.05, 0) is 70.2 Å². The molecular weight excluding hydrogens is 378 g/mol. The topological polar surface area (TPSA) is 38.9 Å². The van der Waals surface area contributed by atoms with Gasteiger partial charge in [-0.1, -0.05) is 0 Å². The number of pyridine rings is 1. The number of hydrogen-bond acceptors (Lipinski definition) is 2. The van der Waals surface area contributed by atoms with Gasteiger partial charge in [0.1, 0.15) is 3.70 Å². The highest BCUT2D eigenvalue weighted by Gasteiger charge is 2.42. The second-order valence-electron chi connectivity index (χ2n) is 3.12. The van der Waals surface area contributed by atoms with Crippen molar-refractivity contribution in [2.24, 2.45) is 5.73 Å². The molecule has 64 valence electrons. The molecule has 2 nitrogen and oxygen atoms in total. The molecule has 0 aromatic carbocycles. The lowest BCUT2D eigenvalue weighted by Crippen LogP contribution is -2.22. The summed E-state index contributed by atoms with van der Waals surface area (Å²) in [6.07, 6.45) is 2.16. The minimum atomic E-state index is -0.0995. The summed E-state index contributed by atoms with van der Waals surface area (Å²) in [7, 11) is 0. The second-order valence-corrected chi connectivity index (χ2v) is 5.39. The van der Waals surface area contributed by atoms with Gasteiger partial charge in [-0.15, -0.1) is 0 Å². The van der Waals surface area contributed by atoms with Crippen molar-refractivity contribution >= 4 is 45.2 Å². The van der Waals surface area contributed by atoms with Gasteiger partial charge >= 0.3 is 0 Å². The maximum absolute atomic E-state index is 6.07. The number of aromatic nitrogens is 1. The minimum Gasteiger partial charge on any atom is -0.320 e. The maximum Gasteiger partial charge on any atom is 0.101 e. The van der Waals surface area contributed by atoms with Gasteiger partial charge in [0.15, 0.2) is 0 Å². The van der Waals surface area contributed by atoms with Crippen LogP contribution in [0.2, 0.25) is 0 Å². The first kappa shape index (κ1) is 9.14. The highest BCUT2D eigenvalue weighted by atomic mass is 127. The lowest BCUT2D eigenvalue weighted by molar-refractivity contribution is 0.699. The molecule has 0 amide bonds. The van der Waals surface area contributed by atoms with E-state index in [-0.39, 0.29) is 5.54 Å². The Hall–Kier alpha value is 0.570. The van der Waals surface area contributed by atoms with Crippen LogP contribution in [0.1, 0.15) is 18.5 Å². The average molecular weight is 386 g/mol. The molecule has 2 rings (SSSR count). The average Bonchev–Trinajstić information content (AvgIpc) is 2.75. The van der Waals surface area contributed by atoms with E-state index in [2.05, 4.69) is 56.2 Å². The predicted molar refractivity (Wildman–Crippen MR) is 64.8 cm³/mol. The molecule has 0 unspecified atom stereocenters. The molecule has 0 aliphatic heterocycles. The van der Waals surface area contributed by atoms with Crippen LogP contribution >= 0.6 is 45.2 Å². The highest BCUT2D eigenvalue weighted by molar-refractivity contribution is 14.1. The molecular formula is C8H8I2N2. The van der Waals surface area contributed by atoms with Crippen molar-refractivity contribution in [2.75, 3.05) is 0 Å². The first-order valence-electron chi connectivity index (χ1n) is 3.73. The Balaban J connectivity index is 2.48. The summed E-state index contributed by atoms with van der Waals surface area (Å²) >= 11 is 4.52. The Labute approximate surface area is 98.6 Å². The monoisotopic (exact) mass is 386 g/mol. The highest BCUT2D eigenvalue weighted by Crippen LogP contribution is 2.43. The van der Waals surface area contributed by atoms with E-state index in [1.54, 1.807) is 0 Å². The van der Waals surface area contributed by atoms with Crippen molar-refractivity contribution in [3.63, 3.8) is 0 Å². The Morgan fingerprint density at radius 3 is 2.58 bits per heavy atom. The van der Waals surface area contributed by atoms with E-state index in [4.69, 9.17) is 5.73 Å². The van der Waals surface area contributed by atoms with E-state index in [0.717, 1.165) is 22.2 Å². The van der Waals surface area contributed by atoms with Crippen LogP contribution in [0, 0.1) is 7.27 Å². The Bertz CT molecular complexity index is 321. The number of rotatable bonds is 1. The van der Waals surface area contributed by atoms with Crippen molar-refractivity contribution in [2.45, 2.75) is 18.4 Å². The quantitative estimate of drug-likeness (QED) is 0.594. The van der Waals surface area contributed by atoms with Crippen molar-refractivity contribution in [3.05, 3.63) is 25.1 Å². The van der Waals surface area contributed by atoms with E-state index in [1.165, 1.54) is 3.57 Å². The zero-order valence-electron chi connectivity index (χ0n) is 6.35. The molecule has 0 spiro atoms. The second kappa shape index (κ2) is 3.06. The van der Waals surface area contributed by atoms with Crippen molar-refractivity contribution < 1.29 is 0 Å². The zero-order valence-corrected chi connectivity index (χ0v) is 10.7. The first-order valence-corrected chi connectivity index (χ1v) is 5.89. The molecule has 1 aromatic rings. The third kappa shape index (κ3) is 1.60. The van der Waals surface area contributed by atoms with Crippen LogP contribution < -0.4 is 5.73 Å². The summed E-state index contributed by atoms with van der Waals surface area (Å²) in [5.41, 5.74) is 7.05. The summed E-state index contributed by atoms with van der Waals surface area (Å²) in [6.45, 7) is 0. The fourth-order valence-electron chi connectivity index (χ4n) is 1.14. The first-order chi connectivity index (χ1) is 5.62. The van der Waals surface area contributed by atoms with Gasteiger partial charge in [-0.25, -0.2) is 4.98 Å². The van der Waals surface area contributed by atoms with Crippen molar-refractivity contribution in [3.8, 4) is 0 Å². The number of nitrogens with two attached hydrogens (primary N) is 1. The molecule has 0 radical (unpaired) electrons. The van der Waals surface area contributed by atoms with Crippen LogP contribution in [0.4, 0.5) is 0 Å². The fourth-order valence-corrected chi connectivity index (χ4v) is 2.40. The van der Waals surface area contributed by atoms with Crippen LogP contribution in [0.25, 0.3) is 0 Å². The van der Waals surface area contributed by atoms with Gasteiger partial charge in [0.05, 0.1) is 11.2 Å². The third-order valence-electron chi connectivity index (χ3n) is 2.07. The van der Waals surface area contributed by atoms with Gasteiger partial charge in [0.2, 0.25) is 0 Å². The SMILES string of the molecule is NC1(c2nc(I)ccc2I)CC1. The molecule has 4 heteroatoms. The lowest BCUT2D eigenvalue weighted by Gasteiger charge is -2.10.